The monoisotopic (exact) mass is 453 g/mol. The summed E-state index contributed by atoms with van der Waals surface area (Å²) >= 11 is 0. The number of ketones is 1. The molecule has 1 saturated heterocycles. The number of hydrogen-bond donors (Lipinski definition) is 1. The topological polar surface area (TPSA) is 84.5 Å². The molecule has 2 atom stereocenters. The lowest BCUT2D eigenvalue weighted by Gasteiger charge is -2.38. The first-order chi connectivity index (χ1) is 15.9. The third-order valence-corrected chi connectivity index (χ3v) is 6.31. The molecule has 0 saturated carbocycles. The summed E-state index contributed by atoms with van der Waals surface area (Å²) in [5, 5.41) is 0.569. The number of aromatic nitrogens is 2. The fourth-order valence-corrected chi connectivity index (χ4v) is 4.64. The Hall–Kier alpha value is -3.26. The Kier molecular flexibility index (Phi) is 6.74. The van der Waals surface area contributed by atoms with Gasteiger partial charge in [-0.3, -0.25) is 9.59 Å². The lowest BCUT2D eigenvalue weighted by atomic mass is 9.86. The minimum atomic E-state index is -0.235. The van der Waals surface area contributed by atoms with Crippen LogP contribution in [0, 0.1) is 11.7 Å². The first kappa shape index (κ1) is 22.9. The maximum atomic E-state index is 13.5. The number of H-pyrrole nitrogens is 1. The number of amides is 1. The van der Waals surface area contributed by atoms with Crippen molar-refractivity contribution in [1.82, 2.24) is 14.9 Å². The van der Waals surface area contributed by atoms with Crippen LogP contribution in [0.4, 0.5) is 4.39 Å². The quantitative estimate of drug-likeness (QED) is 0.546. The number of aromatic amines is 1. The van der Waals surface area contributed by atoms with Gasteiger partial charge in [0.1, 0.15) is 23.6 Å². The minimum absolute atomic E-state index is 0.0259. The number of carbonyl (C=O) groups excluding carboxylic acids is 2. The van der Waals surface area contributed by atoms with Gasteiger partial charge in [0.2, 0.25) is 5.88 Å². The number of halogens is 1. The molecular formula is C25H28FN3O4. The second kappa shape index (κ2) is 9.70. The van der Waals surface area contributed by atoms with Crippen LogP contribution >= 0.6 is 0 Å². The van der Waals surface area contributed by atoms with Gasteiger partial charge < -0.3 is 19.4 Å². The molecule has 3 heterocycles. The molecule has 7 nitrogen and oxygen atoms in total. The van der Waals surface area contributed by atoms with Crippen LogP contribution in [0.5, 0.6) is 5.88 Å². The lowest BCUT2D eigenvalue weighted by Crippen LogP contribution is -2.45. The van der Waals surface area contributed by atoms with Crippen molar-refractivity contribution in [3.05, 3.63) is 59.0 Å². The zero-order chi connectivity index (χ0) is 23.5. The summed E-state index contributed by atoms with van der Waals surface area (Å²) < 4.78 is 23.6. The Morgan fingerprint density at radius 3 is 2.64 bits per heavy atom. The van der Waals surface area contributed by atoms with Gasteiger partial charge in [-0.1, -0.05) is 12.1 Å². The number of nitrogens with one attached hydrogen (secondary N) is 1. The van der Waals surface area contributed by atoms with Gasteiger partial charge in [-0.05, 0) is 55.9 Å². The van der Waals surface area contributed by atoms with E-state index in [4.69, 9.17) is 9.47 Å². The molecule has 1 amide bonds. The van der Waals surface area contributed by atoms with Gasteiger partial charge in [-0.2, -0.15) is 4.98 Å². The van der Waals surface area contributed by atoms with Crippen LogP contribution in [-0.2, 0) is 11.2 Å². The summed E-state index contributed by atoms with van der Waals surface area (Å²) in [6, 6.07) is 8.32. The van der Waals surface area contributed by atoms with Crippen LogP contribution in [0.25, 0.3) is 11.0 Å². The lowest BCUT2D eigenvalue weighted by molar-refractivity contribution is 0.0573. The third-order valence-electron chi connectivity index (χ3n) is 6.31. The molecule has 1 aliphatic heterocycles. The highest BCUT2D eigenvalue weighted by Crippen LogP contribution is 2.31. The SMILES string of the molecule is COCC(=O)c1c[nH]c2nc(OC)c(C(=O)N3CCC(Cc4ccc(F)cc4)C[C@H]3C)cc12. The van der Waals surface area contributed by atoms with Gasteiger partial charge in [-0.15, -0.1) is 0 Å². The Labute approximate surface area is 191 Å². The molecule has 1 N–H and O–H groups in total. The summed E-state index contributed by atoms with van der Waals surface area (Å²) in [5.41, 5.74) is 2.35. The molecule has 8 heteroatoms. The highest BCUT2D eigenvalue weighted by atomic mass is 19.1. The van der Waals surface area contributed by atoms with Crippen molar-refractivity contribution in [2.24, 2.45) is 5.92 Å². The van der Waals surface area contributed by atoms with Crippen LogP contribution in [0.3, 0.4) is 0 Å². The maximum Gasteiger partial charge on any atom is 0.259 e. The smallest absolute Gasteiger partial charge is 0.259 e. The molecule has 1 aliphatic rings. The third kappa shape index (κ3) is 4.75. The van der Waals surface area contributed by atoms with Crippen LogP contribution in [0.1, 0.15) is 46.0 Å². The molecule has 4 rings (SSSR count). The Morgan fingerprint density at radius 1 is 1.21 bits per heavy atom. The van der Waals surface area contributed by atoms with Crippen LogP contribution in [0.15, 0.2) is 36.5 Å². The van der Waals surface area contributed by atoms with Crippen LogP contribution in [-0.4, -0.2) is 60.0 Å². The van der Waals surface area contributed by atoms with Gasteiger partial charge in [0.15, 0.2) is 5.78 Å². The van der Waals surface area contributed by atoms with E-state index in [1.54, 1.807) is 12.3 Å². The number of carbonyl (C=O) groups is 2. The number of Topliss-reactive ketones (excluding diaryl/α,β-unsaturated/α-hetero) is 1. The maximum absolute atomic E-state index is 13.5. The average Bonchev–Trinajstić information content (AvgIpc) is 3.22. The number of methoxy groups -OCH3 is 2. The molecule has 3 aromatic rings. The number of benzene rings is 1. The second-order valence-electron chi connectivity index (χ2n) is 8.57. The molecule has 1 fully saturated rings. The van der Waals surface area contributed by atoms with Crippen LogP contribution < -0.4 is 4.74 Å². The first-order valence-electron chi connectivity index (χ1n) is 11.0. The number of nitrogens with zero attached hydrogens (tertiary/aromatic N) is 2. The second-order valence-corrected chi connectivity index (χ2v) is 8.57. The van der Waals surface area contributed by atoms with Crippen molar-refractivity contribution in [2.75, 3.05) is 27.4 Å². The van der Waals surface area contributed by atoms with Crippen molar-refractivity contribution in [3.8, 4) is 5.88 Å². The normalized spacial score (nSPS) is 18.5. The largest absolute Gasteiger partial charge is 0.480 e. The Balaban J connectivity index is 1.54. The summed E-state index contributed by atoms with van der Waals surface area (Å²) in [6.07, 6.45) is 4.14. The zero-order valence-electron chi connectivity index (χ0n) is 19.1. The van der Waals surface area contributed by atoms with E-state index < -0.39 is 0 Å². The molecule has 1 aromatic carbocycles. The number of fused-ring (bicyclic) bond motifs is 1. The van der Waals surface area contributed by atoms with E-state index in [2.05, 4.69) is 9.97 Å². The molecule has 1 unspecified atom stereocenters. The molecule has 0 spiro atoms. The fourth-order valence-electron chi connectivity index (χ4n) is 4.64. The van der Waals surface area contributed by atoms with Crippen LogP contribution in [0.2, 0.25) is 0 Å². The van der Waals surface area contributed by atoms with Crippen molar-refractivity contribution in [2.45, 2.75) is 32.2 Å². The average molecular weight is 454 g/mol. The fraction of sp³-hybridized carbons (Fsp3) is 0.400. The van der Waals surface area contributed by atoms with E-state index in [0.29, 0.717) is 34.6 Å². The van der Waals surface area contributed by atoms with Gasteiger partial charge in [0, 0.05) is 36.8 Å². The van der Waals surface area contributed by atoms with E-state index in [-0.39, 0.29) is 36.0 Å². The summed E-state index contributed by atoms with van der Waals surface area (Å²) in [4.78, 5) is 35.1. The van der Waals surface area contributed by atoms with E-state index in [1.807, 2.05) is 24.0 Å². The Bertz CT molecular complexity index is 1160. The molecule has 2 aromatic heterocycles. The molecule has 0 radical (unpaired) electrons. The van der Waals surface area contributed by atoms with E-state index in [0.717, 1.165) is 24.8 Å². The summed E-state index contributed by atoms with van der Waals surface area (Å²) in [7, 11) is 2.94. The zero-order valence-corrected chi connectivity index (χ0v) is 19.1. The van der Waals surface area contributed by atoms with Crippen molar-refractivity contribution < 1.29 is 23.5 Å². The number of hydrogen-bond acceptors (Lipinski definition) is 5. The predicted molar refractivity (Wildman–Crippen MR) is 122 cm³/mol. The summed E-state index contributed by atoms with van der Waals surface area (Å²) in [6.45, 7) is 2.59. The predicted octanol–water partition coefficient (Wildman–Crippen LogP) is 4.02. The van der Waals surface area contributed by atoms with Gasteiger partial charge >= 0.3 is 0 Å². The summed E-state index contributed by atoms with van der Waals surface area (Å²) in [5.74, 6) is 0.0478. The van der Waals surface area contributed by atoms with Crippen molar-refractivity contribution in [1.29, 1.82) is 0 Å². The molecular weight excluding hydrogens is 425 g/mol. The van der Waals surface area contributed by atoms with Crippen molar-refractivity contribution >= 4 is 22.7 Å². The van der Waals surface area contributed by atoms with E-state index in [1.165, 1.54) is 26.4 Å². The van der Waals surface area contributed by atoms with Gasteiger partial charge in [0.25, 0.3) is 5.91 Å². The number of rotatable bonds is 7. The van der Waals surface area contributed by atoms with E-state index >= 15 is 0 Å². The molecule has 33 heavy (non-hydrogen) atoms. The highest BCUT2D eigenvalue weighted by molar-refractivity contribution is 6.10. The number of piperidine rings is 1. The number of pyridine rings is 1. The molecule has 174 valence electrons. The molecule has 0 aliphatic carbocycles. The highest BCUT2D eigenvalue weighted by Gasteiger charge is 2.32. The van der Waals surface area contributed by atoms with Gasteiger partial charge in [-0.25, -0.2) is 4.39 Å². The van der Waals surface area contributed by atoms with Gasteiger partial charge in [0.05, 0.1) is 7.11 Å². The van der Waals surface area contributed by atoms with E-state index in [9.17, 15) is 14.0 Å². The minimum Gasteiger partial charge on any atom is -0.480 e. The van der Waals surface area contributed by atoms with Crippen molar-refractivity contribution in [3.63, 3.8) is 0 Å². The number of likely N-dealkylation sites (tertiary alicyclic amines) is 1. The molecule has 0 bridgehead atoms. The number of ether oxygens (including phenoxy) is 2. The standard InChI is InChI=1S/C25H28FN3O4/c1-15-10-17(11-16-4-6-18(26)7-5-16)8-9-29(15)25(31)20-12-19-21(22(30)14-32-2)13-27-23(19)28-24(20)33-3/h4-7,12-13,15,17H,8-11,14H2,1-3H3,(H,27,28)/t15-,17?/m1/s1. The first-order valence-corrected chi connectivity index (χ1v) is 11.0. The Morgan fingerprint density at radius 2 is 1.97 bits per heavy atom.